The second-order valence-electron chi connectivity index (χ2n) is 7.18. The predicted molar refractivity (Wildman–Crippen MR) is 118 cm³/mol. The quantitative estimate of drug-likeness (QED) is 0.486. The van der Waals surface area contributed by atoms with Crippen LogP contribution in [0.3, 0.4) is 0 Å². The van der Waals surface area contributed by atoms with Gasteiger partial charge in [0.05, 0.1) is 20.3 Å². The zero-order valence-electron chi connectivity index (χ0n) is 16.5. The van der Waals surface area contributed by atoms with Gasteiger partial charge in [-0.2, -0.15) is 0 Å². The third kappa shape index (κ3) is 4.09. The first-order valence-corrected chi connectivity index (χ1v) is 10.3. The van der Waals surface area contributed by atoms with Crippen molar-refractivity contribution in [1.82, 2.24) is 4.90 Å². The molecule has 3 aromatic carbocycles. The van der Waals surface area contributed by atoms with E-state index < -0.39 is 0 Å². The number of methoxy groups -OCH3 is 2. The van der Waals surface area contributed by atoms with Crippen LogP contribution in [0.5, 0.6) is 11.5 Å². The summed E-state index contributed by atoms with van der Waals surface area (Å²) in [5.74, 6) is 1.49. The SMILES string of the molecule is COc1cc2c(cc1OC)[C@H](c1cccc(Cl)c1)N(Cc1ccccc1Cl)CC2. The minimum absolute atomic E-state index is 0.0496. The molecule has 3 aromatic rings. The van der Waals surface area contributed by atoms with Crippen molar-refractivity contribution in [2.24, 2.45) is 0 Å². The standard InChI is InChI=1S/C24H23Cl2NO2/c1-28-22-13-16-10-11-27(15-18-6-3-4-9-21(18)26)24(20(16)14-23(22)29-2)17-7-5-8-19(25)12-17/h3-9,12-14,24H,10-11,15H2,1-2H3/t24-/m0/s1. The summed E-state index contributed by atoms with van der Waals surface area (Å²) < 4.78 is 11.1. The summed E-state index contributed by atoms with van der Waals surface area (Å²) in [4.78, 5) is 2.45. The Balaban J connectivity index is 1.82. The fourth-order valence-corrected chi connectivity index (χ4v) is 4.47. The molecule has 0 unspecified atom stereocenters. The first-order chi connectivity index (χ1) is 14.1. The average Bonchev–Trinajstić information content (AvgIpc) is 2.74. The molecule has 4 rings (SSSR count). The first-order valence-electron chi connectivity index (χ1n) is 9.58. The lowest BCUT2D eigenvalue weighted by molar-refractivity contribution is 0.203. The Morgan fingerprint density at radius 2 is 1.69 bits per heavy atom. The second kappa shape index (κ2) is 8.66. The van der Waals surface area contributed by atoms with Crippen molar-refractivity contribution >= 4 is 23.2 Å². The van der Waals surface area contributed by atoms with Gasteiger partial charge in [0.1, 0.15) is 0 Å². The zero-order valence-corrected chi connectivity index (χ0v) is 18.0. The van der Waals surface area contributed by atoms with E-state index in [1.54, 1.807) is 14.2 Å². The largest absolute Gasteiger partial charge is 0.493 e. The molecule has 1 heterocycles. The van der Waals surface area contributed by atoms with E-state index in [4.69, 9.17) is 32.7 Å². The molecular weight excluding hydrogens is 405 g/mol. The monoisotopic (exact) mass is 427 g/mol. The molecule has 1 aliphatic heterocycles. The van der Waals surface area contributed by atoms with Crippen LogP contribution >= 0.6 is 23.2 Å². The fraction of sp³-hybridized carbons (Fsp3) is 0.250. The van der Waals surface area contributed by atoms with Crippen LogP contribution in [0.2, 0.25) is 10.0 Å². The van der Waals surface area contributed by atoms with Crippen LogP contribution in [0.15, 0.2) is 60.7 Å². The molecule has 0 radical (unpaired) electrons. The molecule has 0 saturated heterocycles. The van der Waals surface area contributed by atoms with E-state index in [0.29, 0.717) is 0 Å². The van der Waals surface area contributed by atoms with Crippen LogP contribution in [-0.4, -0.2) is 25.7 Å². The lowest BCUT2D eigenvalue weighted by atomic mass is 9.87. The van der Waals surface area contributed by atoms with Crippen LogP contribution in [0.4, 0.5) is 0 Å². The average molecular weight is 428 g/mol. The summed E-state index contributed by atoms with van der Waals surface area (Å²) in [6.07, 6.45) is 0.928. The Kier molecular flexibility index (Phi) is 6.00. The Bertz CT molecular complexity index is 1020. The van der Waals surface area contributed by atoms with Gasteiger partial charge in [0.25, 0.3) is 0 Å². The van der Waals surface area contributed by atoms with Gasteiger partial charge in [0.2, 0.25) is 0 Å². The summed E-state index contributed by atoms with van der Waals surface area (Å²) in [6, 6.07) is 20.3. The highest BCUT2D eigenvalue weighted by molar-refractivity contribution is 6.31. The normalized spacial score (nSPS) is 16.3. The number of fused-ring (bicyclic) bond motifs is 1. The summed E-state index contributed by atoms with van der Waals surface area (Å²) in [5.41, 5.74) is 4.74. The van der Waals surface area contributed by atoms with Gasteiger partial charge in [-0.1, -0.05) is 53.5 Å². The van der Waals surface area contributed by atoms with Gasteiger partial charge >= 0.3 is 0 Å². The van der Waals surface area contributed by atoms with E-state index in [9.17, 15) is 0 Å². The first kappa shape index (κ1) is 20.1. The molecule has 1 atom stereocenters. The molecule has 0 aromatic heterocycles. The van der Waals surface area contributed by atoms with Crippen molar-refractivity contribution in [3.63, 3.8) is 0 Å². The molecule has 0 bridgehead atoms. The molecule has 0 amide bonds. The molecule has 1 aliphatic rings. The van der Waals surface area contributed by atoms with Gasteiger partial charge in [-0.15, -0.1) is 0 Å². The third-order valence-electron chi connectivity index (χ3n) is 5.47. The minimum atomic E-state index is 0.0496. The molecule has 150 valence electrons. The molecule has 0 spiro atoms. The number of halogens is 2. The second-order valence-corrected chi connectivity index (χ2v) is 8.02. The number of hydrogen-bond donors (Lipinski definition) is 0. The van der Waals surface area contributed by atoms with Crippen LogP contribution in [0.25, 0.3) is 0 Å². The van der Waals surface area contributed by atoms with Crippen molar-refractivity contribution in [2.75, 3.05) is 20.8 Å². The summed E-state index contributed by atoms with van der Waals surface area (Å²) in [5, 5.41) is 1.52. The van der Waals surface area contributed by atoms with Crippen LogP contribution in [-0.2, 0) is 13.0 Å². The van der Waals surface area contributed by atoms with E-state index in [0.717, 1.165) is 52.2 Å². The highest BCUT2D eigenvalue weighted by atomic mass is 35.5. The maximum Gasteiger partial charge on any atom is 0.161 e. The number of ether oxygens (including phenoxy) is 2. The molecular formula is C24H23Cl2NO2. The van der Waals surface area contributed by atoms with E-state index >= 15 is 0 Å². The molecule has 5 heteroatoms. The van der Waals surface area contributed by atoms with Gasteiger partial charge in [-0.25, -0.2) is 0 Å². The van der Waals surface area contributed by atoms with Gasteiger partial charge in [0, 0.05) is 23.1 Å². The van der Waals surface area contributed by atoms with Gasteiger partial charge in [0.15, 0.2) is 11.5 Å². The molecule has 0 aliphatic carbocycles. The number of nitrogens with zero attached hydrogens (tertiary/aromatic N) is 1. The highest BCUT2D eigenvalue weighted by Gasteiger charge is 2.31. The minimum Gasteiger partial charge on any atom is -0.493 e. The van der Waals surface area contributed by atoms with Gasteiger partial charge in [-0.3, -0.25) is 4.90 Å². The van der Waals surface area contributed by atoms with Crippen molar-refractivity contribution in [1.29, 1.82) is 0 Å². The van der Waals surface area contributed by atoms with E-state index in [1.807, 2.05) is 36.4 Å². The zero-order chi connectivity index (χ0) is 20.4. The summed E-state index contributed by atoms with van der Waals surface area (Å²) >= 11 is 12.8. The summed E-state index contributed by atoms with van der Waals surface area (Å²) in [7, 11) is 3.34. The Morgan fingerprint density at radius 1 is 0.931 bits per heavy atom. The molecule has 0 fully saturated rings. The van der Waals surface area contributed by atoms with Gasteiger partial charge in [-0.05, 0) is 59.0 Å². The van der Waals surface area contributed by atoms with Crippen molar-refractivity contribution < 1.29 is 9.47 Å². The van der Waals surface area contributed by atoms with E-state index in [2.05, 4.69) is 29.2 Å². The van der Waals surface area contributed by atoms with Gasteiger partial charge < -0.3 is 9.47 Å². The Labute approximate surface area is 181 Å². The number of benzene rings is 3. The van der Waals surface area contributed by atoms with E-state index in [-0.39, 0.29) is 6.04 Å². The predicted octanol–water partition coefficient (Wildman–Crippen LogP) is 6.16. The van der Waals surface area contributed by atoms with Crippen LogP contribution < -0.4 is 9.47 Å². The van der Waals surface area contributed by atoms with Crippen molar-refractivity contribution in [2.45, 2.75) is 19.0 Å². The third-order valence-corrected chi connectivity index (χ3v) is 6.07. The maximum atomic E-state index is 6.47. The smallest absolute Gasteiger partial charge is 0.161 e. The topological polar surface area (TPSA) is 21.7 Å². The Hall–Kier alpha value is -2.20. The van der Waals surface area contributed by atoms with Crippen molar-refractivity contribution in [3.8, 4) is 11.5 Å². The summed E-state index contributed by atoms with van der Waals surface area (Å²) in [6.45, 7) is 1.66. The molecule has 0 N–H and O–H groups in total. The molecule has 0 saturated carbocycles. The van der Waals surface area contributed by atoms with Crippen LogP contribution in [0.1, 0.15) is 28.3 Å². The number of hydrogen-bond acceptors (Lipinski definition) is 3. The maximum absolute atomic E-state index is 6.47. The molecule has 29 heavy (non-hydrogen) atoms. The lowest BCUT2D eigenvalue weighted by Gasteiger charge is -2.38. The van der Waals surface area contributed by atoms with Crippen molar-refractivity contribution in [3.05, 3.63) is 93.0 Å². The Morgan fingerprint density at radius 3 is 2.41 bits per heavy atom. The number of rotatable bonds is 5. The highest BCUT2D eigenvalue weighted by Crippen LogP contribution is 2.42. The fourth-order valence-electron chi connectivity index (χ4n) is 4.08. The van der Waals surface area contributed by atoms with E-state index in [1.165, 1.54) is 11.1 Å². The van der Waals surface area contributed by atoms with Crippen LogP contribution in [0, 0.1) is 0 Å². The molecule has 3 nitrogen and oxygen atoms in total. The lowest BCUT2D eigenvalue weighted by Crippen LogP contribution is -2.35.